The number of carbonyl (C=O) groups excluding carboxylic acids is 2. The number of hydrogen-bond donors (Lipinski definition) is 1. The van der Waals surface area contributed by atoms with E-state index in [4.69, 9.17) is 9.47 Å². The number of carbonyl (C=O) groups is 2. The lowest BCUT2D eigenvalue weighted by Gasteiger charge is -2.14. The van der Waals surface area contributed by atoms with Crippen molar-refractivity contribution in [3.8, 4) is 5.75 Å². The number of esters is 1. The third-order valence-electron chi connectivity index (χ3n) is 4.99. The van der Waals surface area contributed by atoms with Gasteiger partial charge in [0.05, 0.1) is 6.54 Å². The highest BCUT2D eigenvalue weighted by atomic mass is 16.5. The standard InChI is InChI=1S/C25H27N3O5/c1-3-18-9-8-10-19(4-2)24(18)26-22(29)17-33-25(31)21-13-14-23(30)28(27-21)15-16-32-20-11-6-5-7-12-20/h5-14H,3-4,15-17H2,1-2H3,(H,26,29). The minimum absolute atomic E-state index is 0.0645. The first-order valence-electron chi connectivity index (χ1n) is 10.9. The van der Waals surface area contributed by atoms with E-state index < -0.39 is 18.5 Å². The van der Waals surface area contributed by atoms with E-state index in [1.807, 2.05) is 50.2 Å². The number of benzene rings is 2. The van der Waals surface area contributed by atoms with Crippen molar-refractivity contribution in [2.75, 3.05) is 18.5 Å². The third kappa shape index (κ3) is 6.52. The molecule has 172 valence electrons. The smallest absolute Gasteiger partial charge is 0.359 e. The summed E-state index contributed by atoms with van der Waals surface area (Å²) in [6, 6.07) is 17.5. The van der Waals surface area contributed by atoms with E-state index in [-0.39, 0.29) is 24.4 Å². The van der Waals surface area contributed by atoms with Gasteiger partial charge in [-0.05, 0) is 42.2 Å². The van der Waals surface area contributed by atoms with Crippen LogP contribution in [0.5, 0.6) is 5.75 Å². The van der Waals surface area contributed by atoms with Crippen molar-refractivity contribution in [2.45, 2.75) is 33.2 Å². The average molecular weight is 450 g/mol. The second-order valence-corrected chi connectivity index (χ2v) is 7.22. The second kappa shape index (κ2) is 11.6. The summed E-state index contributed by atoms with van der Waals surface area (Å²) in [7, 11) is 0. The van der Waals surface area contributed by atoms with Crippen LogP contribution < -0.4 is 15.6 Å². The van der Waals surface area contributed by atoms with E-state index in [1.165, 1.54) is 12.1 Å². The van der Waals surface area contributed by atoms with Crippen molar-refractivity contribution in [1.29, 1.82) is 0 Å². The summed E-state index contributed by atoms with van der Waals surface area (Å²) >= 11 is 0. The molecular weight excluding hydrogens is 422 g/mol. The molecule has 0 unspecified atom stereocenters. The maximum Gasteiger partial charge on any atom is 0.359 e. The Balaban J connectivity index is 1.57. The molecule has 33 heavy (non-hydrogen) atoms. The molecule has 0 radical (unpaired) electrons. The van der Waals surface area contributed by atoms with E-state index in [2.05, 4.69) is 10.4 Å². The molecule has 1 amide bonds. The van der Waals surface area contributed by atoms with Crippen LogP contribution in [0.1, 0.15) is 35.5 Å². The van der Waals surface area contributed by atoms with Gasteiger partial charge in [0.15, 0.2) is 12.3 Å². The van der Waals surface area contributed by atoms with Gasteiger partial charge in [0.1, 0.15) is 12.4 Å². The molecule has 3 aromatic rings. The first-order valence-corrected chi connectivity index (χ1v) is 10.9. The Bertz CT molecular complexity index is 1140. The van der Waals surface area contributed by atoms with E-state index in [0.29, 0.717) is 5.75 Å². The molecule has 0 spiro atoms. The molecule has 0 aliphatic rings. The second-order valence-electron chi connectivity index (χ2n) is 7.22. The van der Waals surface area contributed by atoms with E-state index in [9.17, 15) is 14.4 Å². The van der Waals surface area contributed by atoms with Gasteiger partial charge in [0, 0.05) is 11.8 Å². The largest absolute Gasteiger partial charge is 0.492 e. The number of nitrogens with zero attached hydrogens (tertiary/aromatic N) is 2. The van der Waals surface area contributed by atoms with Crippen LogP contribution in [0.4, 0.5) is 5.69 Å². The summed E-state index contributed by atoms with van der Waals surface area (Å²) < 4.78 is 11.8. The molecule has 1 heterocycles. The highest BCUT2D eigenvalue weighted by molar-refractivity contribution is 5.95. The summed E-state index contributed by atoms with van der Waals surface area (Å²) in [6.07, 6.45) is 1.53. The minimum atomic E-state index is -0.789. The van der Waals surface area contributed by atoms with Crippen LogP contribution in [-0.2, 0) is 28.9 Å². The monoisotopic (exact) mass is 449 g/mol. The Labute approximate surface area is 192 Å². The molecule has 1 aromatic heterocycles. The zero-order valence-corrected chi connectivity index (χ0v) is 18.7. The van der Waals surface area contributed by atoms with Crippen LogP contribution in [0.2, 0.25) is 0 Å². The minimum Gasteiger partial charge on any atom is -0.492 e. The lowest BCUT2D eigenvalue weighted by molar-refractivity contribution is -0.119. The Kier molecular flexibility index (Phi) is 8.35. The topological polar surface area (TPSA) is 99.5 Å². The SMILES string of the molecule is CCc1cccc(CC)c1NC(=O)COC(=O)c1ccc(=O)n(CCOc2ccccc2)n1. The van der Waals surface area contributed by atoms with Gasteiger partial charge in [0.25, 0.3) is 11.5 Å². The third-order valence-corrected chi connectivity index (χ3v) is 4.99. The number of aromatic nitrogens is 2. The number of amides is 1. The fourth-order valence-corrected chi connectivity index (χ4v) is 3.27. The van der Waals surface area contributed by atoms with E-state index in [0.717, 1.165) is 34.3 Å². The van der Waals surface area contributed by atoms with Gasteiger partial charge in [-0.3, -0.25) is 9.59 Å². The van der Waals surface area contributed by atoms with Crippen molar-refractivity contribution >= 4 is 17.6 Å². The fraction of sp³-hybridized carbons (Fsp3) is 0.280. The maximum atomic E-state index is 12.4. The molecule has 0 fully saturated rings. The van der Waals surface area contributed by atoms with Crippen molar-refractivity contribution in [3.05, 3.63) is 87.8 Å². The summed E-state index contributed by atoms with van der Waals surface area (Å²) in [5, 5.41) is 6.88. The van der Waals surface area contributed by atoms with Gasteiger partial charge >= 0.3 is 5.97 Å². The summed E-state index contributed by atoms with van der Waals surface area (Å²) in [5.41, 5.74) is 2.35. The highest BCUT2D eigenvalue weighted by Crippen LogP contribution is 2.22. The zero-order valence-electron chi connectivity index (χ0n) is 18.7. The van der Waals surface area contributed by atoms with Crippen LogP contribution in [-0.4, -0.2) is 34.9 Å². The van der Waals surface area contributed by atoms with Crippen molar-refractivity contribution in [2.24, 2.45) is 0 Å². The Morgan fingerprint density at radius 2 is 1.64 bits per heavy atom. The van der Waals surface area contributed by atoms with E-state index in [1.54, 1.807) is 12.1 Å². The number of aryl methyl sites for hydroxylation is 2. The molecule has 0 bridgehead atoms. The Morgan fingerprint density at radius 3 is 2.30 bits per heavy atom. The number of para-hydroxylation sites is 2. The first-order chi connectivity index (χ1) is 16.0. The van der Waals surface area contributed by atoms with Gasteiger partial charge in [-0.25, -0.2) is 9.48 Å². The normalized spacial score (nSPS) is 10.5. The van der Waals surface area contributed by atoms with Crippen LogP contribution >= 0.6 is 0 Å². The van der Waals surface area contributed by atoms with Gasteiger partial charge < -0.3 is 14.8 Å². The molecule has 3 rings (SSSR count). The van der Waals surface area contributed by atoms with Crippen LogP contribution in [0.25, 0.3) is 0 Å². The van der Waals surface area contributed by atoms with Gasteiger partial charge in [0.2, 0.25) is 0 Å². The van der Waals surface area contributed by atoms with Crippen LogP contribution in [0.15, 0.2) is 65.5 Å². The number of hydrogen-bond acceptors (Lipinski definition) is 6. The van der Waals surface area contributed by atoms with Gasteiger partial charge in [-0.15, -0.1) is 0 Å². The first kappa shape index (κ1) is 23.7. The predicted molar refractivity (Wildman–Crippen MR) is 125 cm³/mol. The highest BCUT2D eigenvalue weighted by Gasteiger charge is 2.15. The molecule has 0 aliphatic heterocycles. The number of nitrogens with one attached hydrogen (secondary N) is 1. The molecule has 0 saturated heterocycles. The zero-order chi connectivity index (χ0) is 23.6. The van der Waals surface area contributed by atoms with Crippen LogP contribution in [0.3, 0.4) is 0 Å². The average Bonchev–Trinajstić information content (AvgIpc) is 2.84. The molecule has 1 N–H and O–H groups in total. The molecule has 0 atom stereocenters. The lowest BCUT2D eigenvalue weighted by atomic mass is 10.0. The molecular formula is C25H27N3O5. The Morgan fingerprint density at radius 1 is 0.939 bits per heavy atom. The molecule has 0 aliphatic carbocycles. The van der Waals surface area contributed by atoms with Crippen molar-refractivity contribution in [3.63, 3.8) is 0 Å². The predicted octanol–water partition coefficient (Wildman–Crippen LogP) is 3.24. The van der Waals surface area contributed by atoms with E-state index >= 15 is 0 Å². The number of anilines is 1. The molecule has 0 saturated carbocycles. The number of rotatable bonds is 10. The molecule has 8 heteroatoms. The summed E-state index contributed by atoms with van der Waals surface area (Å²) in [6.45, 7) is 3.92. The van der Waals surface area contributed by atoms with Crippen molar-refractivity contribution in [1.82, 2.24) is 9.78 Å². The Hall–Kier alpha value is -3.94. The van der Waals surface area contributed by atoms with Crippen LogP contribution in [0, 0.1) is 0 Å². The van der Waals surface area contributed by atoms with Crippen molar-refractivity contribution < 1.29 is 19.1 Å². The van der Waals surface area contributed by atoms with Gasteiger partial charge in [-0.1, -0.05) is 50.2 Å². The summed E-state index contributed by atoms with van der Waals surface area (Å²) in [5.74, 6) is -0.561. The van der Waals surface area contributed by atoms with Gasteiger partial charge in [-0.2, -0.15) is 5.10 Å². The lowest BCUT2D eigenvalue weighted by Crippen LogP contribution is -2.28. The number of ether oxygens (including phenoxy) is 2. The maximum absolute atomic E-state index is 12.4. The quantitative estimate of drug-likeness (QED) is 0.477. The summed E-state index contributed by atoms with van der Waals surface area (Å²) in [4.78, 5) is 36.9. The molecule has 8 nitrogen and oxygen atoms in total. The fourth-order valence-electron chi connectivity index (χ4n) is 3.27. The molecule has 2 aromatic carbocycles.